The lowest BCUT2D eigenvalue weighted by Crippen LogP contribution is -2.19. The fourth-order valence-corrected chi connectivity index (χ4v) is 2.39. The predicted octanol–water partition coefficient (Wildman–Crippen LogP) is 4.12. The zero-order valence-corrected chi connectivity index (χ0v) is 15.5. The first-order valence-corrected chi connectivity index (χ1v) is 8.68. The van der Waals surface area contributed by atoms with Gasteiger partial charge in [-0.2, -0.15) is 0 Å². The summed E-state index contributed by atoms with van der Waals surface area (Å²) in [6.07, 6.45) is -0.495. The van der Waals surface area contributed by atoms with Crippen LogP contribution in [0.25, 0.3) is 0 Å². The molecule has 0 heterocycles. The number of nitrogens with zero attached hydrogens (tertiary/aromatic N) is 2. The standard InChI is InChI=1S/C22H21N5O/c1-28-21-13-7-16(8-14-21)5-6-17-3-2-4-20(15-17)26-27-25-19-11-9-18(10-12-19)22(23)24/h2-4,7-15,22H,23-24H2,1H3,(H,25,26). The molecule has 6 nitrogen and oxygen atoms in total. The van der Waals surface area contributed by atoms with Gasteiger partial charge in [-0.25, -0.2) is 0 Å². The number of methoxy groups -OCH3 is 1. The maximum absolute atomic E-state index is 5.62. The number of nitrogens with two attached hydrogens (primary N) is 2. The van der Waals surface area contributed by atoms with E-state index in [1.807, 2.05) is 72.8 Å². The molecule has 3 aromatic rings. The molecule has 0 saturated carbocycles. The molecule has 0 spiro atoms. The number of hydrogen-bond donors (Lipinski definition) is 3. The van der Waals surface area contributed by atoms with Crippen LogP contribution < -0.4 is 21.6 Å². The highest BCUT2D eigenvalue weighted by atomic mass is 16.5. The molecule has 0 aliphatic rings. The first-order chi connectivity index (χ1) is 13.6. The molecule has 0 fully saturated rings. The van der Waals surface area contributed by atoms with Crippen LogP contribution in [-0.4, -0.2) is 7.11 Å². The Kier molecular flexibility index (Phi) is 6.37. The fourth-order valence-electron chi connectivity index (χ4n) is 2.39. The summed E-state index contributed by atoms with van der Waals surface area (Å²) in [6, 6.07) is 22.5. The number of anilines is 1. The van der Waals surface area contributed by atoms with E-state index in [1.165, 1.54) is 0 Å². The van der Waals surface area contributed by atoms with Crippen LogP contribution in [0.4, 0.5) is 11.4 Å². The van der Waals surface area contributed by atoms with Gasteiger partial charge < -0.3 is 16.2 Å². The van der Waals surface area contributed by atoms with E-state index in [-0.39, 0.29) is 0 Å². The van der Waals surface area contributed by atoms with Gasteiger partial charge in [0.15, 0.2) is 0 Å². The molecule has 28 heavy (non-hydrogen) atoms. The van der Waals surface area contributed by atoms with Gasteiger partial charge in [0.25, 0.3) is 0 Å². The van der Waals surface area contributed by atoms with Gasteiger partial charge in [0, 0.05) is 11.1 Å². The van der Waals surface area contributed by atoms with Crippen LogP contribution >= 0.6 is 0 Å². The second-order valence-corrected chi connectivity index (χ2v) is 5.99. The Balaban J connectivity index is 1.64. The molecule has 0 aromatic heterocycles. The molecule has 0 amide bonds. The molecule has 140 valence electrons. The van der Waals surface area contributed by atoms with E-state index in [0.29, 0.717) is 5.69 Å². The van der Waals surface area contributed by atoms with Crippen molar-refractivity contribution in [3.8, 4) is 17.6 Å². The molecule has 0 atom stereocenters. The average molecular weight is 371 g/mol. The van der Waals surface area contributed by atoms with Gasteiger partial charge in [-0.05, 0) is 60.2 Å². The van der Waals surface area contributed by atoms with Gasteiger partial charge in [-0.1, -0.05) is 35.3 Å². The monoisotopic (exact) mass is 371 g/mol. The van der Waals surface area contributed by atoms with E-state index < -0.39 is 6.17 Å². The van der Waals surface area contributed by atoms with Crippen molar-refractivity contribution in [1.29, 1.82) is 0 Å². The highest BCUT2D eigenvalue weighted by molar-refractivity contribution is 5.52. The quantitative estimate of drug-likeness (QED) is 0.272. The van der Waals surface area contributed by atoms with E-state index in [0.717, 1.165) is 28.1 Å². The highest BCUT2D eigenvalue weighted by Gasteiger charge is 1.98. The zero-order valence-electron chi connectivity index (χ0n) is 15.5. The number of hydrogen-bond acceptors (Lipinski definition) is 5. The van der Waals surface area contributed by atoms with Crippen molar-refractivity contribution in [2.45, 2.75) is 6.17 Å². The third-order valence-electron chi connectivity index (χ3n) is 3.93. The van der Waals surface area contributed by atoms with E-state index >= 15 is 0 Å². The summed E-state index contributed by atoms with van der Waals surface area (Å²) >= 11 is 0. The molecular weight excluding hydrogens is 350 g/mol. The van der Waals surface area contributed by atoms with Crippen molar-refractivity contribution in [1.82, 2.24) is 0 Å². The number of nitrogens with one attached hydrogen (secondary N) is 1. The van der Waals surface area contributed by atoms with Crippen LogP contribution in [0.5, 0.6) is 5.75 Å². The van der Waals surface area contributed by atoms with Crippen LogP contribution in [0.2, 0.25) is 0 Å². The lowest BCUT2D eigenvalue weighted by Gasteiger charge is -2.04. The molecule has 0 unspecified atom stereocenters. The topological polar surface area (TPSA) is 98.0 Å². The molecule has 3 rings (SSSR count). The largest absolute Gasteiger partial charge is 0.497 e. The molecule has 0 aliphatic heterocycles. The summed E-state index contributed by atoms with van der Waals surface area (Å²) < 4.78 is 5.15. The number of rotatable bonds is 5. The molecule has 6 heteroatoms. The Morgan fingerprint density at radius 2 is 1.61 bits per heavy atom. The maximum Gasteiger partial charge on any atom is 0.118 e. The Morgan fingerprint density at radius 1 is 0.893 bits per heavy atom. The maximum atomic E-state index is 5.62. The molecule has 0 aliphatic carbocycles. The summed E-state index contributed by atoms with van der Waals surface area (Å²) in [5.74, 6) is 7.07. The first-order valence-electron chi connectivity index (χ1n) is 8.68. The van der Waals surface area contributed by atoms with Gasteiger partial charge in [0.05, 0.1) is 24.7 Å². The van der Waals surface area contributed by atoms with Crippen molar-refractivity contribution in [3.05, 3.63) is 89.5 Å². The minimum Gasteiger partial charge on any atom is -0.497 e. The Morgan fingerprint density at radius 3 is 2.29 bits per heavy atom. The summed E-state index contributed by atoms with van der Waals surface area (Å²) in [6.45, 7) is 0. The van der Waals surface area contributed by atoms with Gasteiger partial charge in [-0.3, -0.25) is 5.43 Å². The summed E-state index contributed by atoms with van der Waals surface area (Å²) in [4.78, 5) is 0. The van der Waals surface area contributed by atoms with Crippen molar-refractivity contribution >= 4 is 11.4 Å². The molecule has 0 bridgehead atoms. The average Bonchev–Trinajstić information content (AvgIpc) is 2.73. The Hall–Kier alpha value is -3.66. The lowest BCUT2D eigenvalue weighted by atomic mass is 10.1. The first kappa shape index (κ1) is 19.1. The molecule has 3 aromatic carbocycles. The lowest BCUT2D eigenvalue weighted by molar-refractivity contribution is 0.415. The Labute approximate surface area is 164 Å². The van der Waals surface area contributed by atoms with Crippen molar-refractivity contribution < 1.29 is 4.74 Å². The highest BCUT2D eigenvalue weighted by Crippen LogP contribution is 2.16. The smallest absolute Gasteiger partial charge is 0.118 e. The van der Waals surface area contributed by atoms with Crippen LogP contribution in [0, 0.1) is 11.8 Å². The van der Waals surface area contributed by atoms with Crippen molar-refractivity contribution in [3.63, 3.8) is 0 Å². The van der Waals surface area contributed by atoms with E-state index in [9.17, 15) is 0 Å². The Bertz CT molecular complexity index is 1000. The predicted molar refractivity (Wildman–Crippen MR) is 111 cm³/mol. The SMILES string of the molecule is COc1ccc(C#Cc2cccc(N/N=N/c3ccc(C(N)N)cc3)c2)cc1. The minimum atomic E-state index is -0.495. The third kappa shape index (κ3) is 5.42. The van der Waals surface area contributed by atoms with Gasteiger partial charge in [-0.15, -0.1) is 5.11 Å². The van der Waals surface area contributed by atoms with Crippen molar-refractivity contribution in [2.24, 2.45) is 21.8 Å². The van der Waals surface area contributed by atoms with Gasteiger partial charge in [0.1, 0.15) is 5.75 Å². The van der Waals surface area contributed by atoms with E-state index in [1.54, 1.807) is 7.11 Å². The second kappa shape index (κ2) is 9.33. The fraction of sp³-hybridized carbons (Fsp3) is 0.0909. The second-order valence-electron chi connectivity index (χ2n) is 5.99. The third-order valence-corrected chi connectivity index (χ3v) is 3.93. The summed E-state index contributed by atoms with van der Waals surface area (Å²) in [5.41, 5.74) is 18.3. The molecule has 0 radical (unpaired) electrons. The van der Waals surface area contributed by atoms with Gasteiger partial charge in [0.2, 0.25) is 0 Å². The molecule has 0 saturated heterocycles. The number of benzene rings is 3. The van der Waals surface area contributed by atoms with Crippen LogP contribution in [0.15, 0.2) is 83.1 Å². The summed E-state index contributed by atoms with van der Waals surface area (Å²) in [5, 5.41) is 8.14. The van der Waals surface area contributed by atoms with Crippen molar-refractivity contribution in [2.75, 3.05) is 12.5 Å². The van der Waals surface area contributed by atoms with E-state index in [2.05, 4.69) is 27.6 Å². The van der Waals surface area contributed by atoms with E-state index in [4.69, 9.17) is 16.2 Å². The van der Waals surface area contributed by atoms with Crippen LogP contribution in [0.1, 0.15) is 22.9 Å². The molecule has 5 N–H and O–H groups in total. The molecular formula is C22H21N5O. The summed E-state index contributed by atoms with van der Waals surface area (Å²) in [7, 11) is 1.64. The minimum absolute atomic E-state index is 0.495. The number of ether oxygens (including phenoxy) is 1. The van der Waals surface area contributed by atoms with Gasteiger partial charge >= 0.3 is 0 Å². The van der Waals surface area contributed by atoms with Crippen LogP contribution in [0.3, 0.4) is 0 Å². The normalized spacial score (nSPS) is 10.6. The van der Waals surface area contributed by atoms with Crippen LogP contribution in [-0.2, 0) is 0 Å². The zero-order chi connectivity index (χ0) is 19.8.